The maximum atomic E-state index is 13.1. The van der Waals surface area contributed by atoms with E-state index in [9.17, 15) is 13.2 Å². The van der Waals surface area contributed by atoms with Crippen molar-refractivity contribution in [2.45, 2.75) is 11.4 Å². The zero-order valence-corrected chi connectivity index (χ0v) is 19.2. The number of rotatable bonds is 7. The summed E-state index contributed by atoms with van der Waals surface area (Å²) in [5, 5.41) is 7.43. The first kappa shape index (κ1) is 22.5. The molecule has 0 aliphatic rings. The smallest absolute Gasteiger partial charge is 0.264 e. The van der Waals surface area contributed by atoms with Gasteiger partial charge in [-0.3, -0.25) is 14.1 Å². The van der Waals surface area contributed by atoms with Gasteiger partial charge in [0.25, 0.3) is 15.9 Å². The van der Waals surface area contributed by atoms with Crippen molar-refractivity contribution in [2.75, 3.05) is 16.7 Å². The van der Waals surface area contributed by atoms with Crippen molar-refractivity contribution in [1.29, 1.82) is 0 Å². The van der Waals surface area contributed by atoms with Gasteiger partial charge in [0.05, 0.1) is 29.0 Å². The van der Waals surface area contributed by atoms with Crippen LogP contribution in [0.25, 0.3) is 0 Å². The van der Waals surface area contributed by atoms with E-state index in [1.807, 2.05) is 18.2 Å². The van der Waals surface area contributed by atoms with E-state index in [0.717, 1.165) is 10.00 Å². The third-order valence-electron chi connectivity index (χ3n) is 4.92. The highest BCUT2D eigenvalue weighted by atomic mass is 35.5. The molecule has 2 aromatic heterocycles. The SMILES string of the molecule is CN(c1cccc(Cl)c1)S(=O)(=O)c1cccc(C(=O)Nc2ccnn2Cc2ccccn2)c1. The average molecular weight is 482 g/mol. The highest BCUT2D eigenvalue weighted by Gasteiger charge is 2.23. The summed E-state index contributed by atoms with van der Waals surface area (Å²) < 4.78 is 29.0. The van der Waals surface area contributed by atoms with E-state index >= 15 is 0 Å². The molecule has 0 saturated carbocycles. The van der Waals surface area contributed by atoms with Gasteiger partial charge in [0, 0.05) is 29.9 Å². The lowest BCUT2D eigenvalue weighted by atomic mass is 10.2. The van der Waals surface area contributed by atoms with Crippen molar-refractivity contribution in [3.8, 4) is 0 Å². The molecule has 1 amide bonds. The van der Waals surface area contributed by atoms with E-state index in [1.54, 1.807) is 53.5 Å². The zero-order chi connectivity index (χ0) is 23.4. The Morgan fingerprint density at radius 3 is 2.61 bits per heavy atom. The number of aromatic nitrogens is 3. The maximum absolute atomic E-state index is 13.1. The Hall–Kier alpha value is -3.69. The highest BCUT2D eigenvalue weighted by molar-refractivity contribution is 7.92. The summed E-state index contributed by atoms with van der Waals surface area (Å²) in [6.07, 6.45) is 3.25. The molecule has 0 atom stereocenters. The predicted octanol–water partition coefficient (Wildman–Crippen LogP) is 4.06. The van der Waals surface area contributed by atoms with Gasteiger partial charge in [-0.15, -0.1) is 0 Å². The monoisotopic (exact) mass is 481 g/mol. The van der Waals surface area contributed by atoms with Crippen LogP contribution < -0.4 is 9.62 Å². The van der Waals surface area contributed by atoms with Crippen LogP contribution in [0.4, 0.5) is 11.5 Å². The van der Waals surface area contributed by atoms with Crippen LogP contribution in [0.2, 0.25) is 5.02 Å². The minimum Gasteiger partial charge on any atom is -0.307 e. The summed E-state index contributed by atoms with van der Waals surface area (Å²) in [5.41, 5.74) is 1.39. The van der Waals surface area contributed by atoms with Gasteiger partial charge in [0.1, 0.15) is 5.82 Å². The molecule has 10 heteroatoms. The number of nitrogens with one attached hydrogen (secondary N) is 1. The first-order valence-electron chi connectivity index (χ1n) is 9.92. The van der Waals surface area contributed by atoms with Gasteiger partial charge in [-0.2, -0.15) is 5.10 Å². The molecule has 0 saturated heterocycles. The quantitative estimate of drug-likeness (QED) is 0.429. The first-order chi connectivity index (χ1) is 15.8. The molecule has 1 N–H and O–H groups in total. The van der Waals surface area contributed by atoms with Crippen molar-refractivity contribution in [3.63, 3.8) is 0 Å². The van der Waals surface area contributed by atoms with E-state index in [1.165, 1.54) is 25.2 Å². The third kappa shape index (κ3) is 5.05. The number of pyridine rings is 1. The number of carbonyl (C=O) groups is 1. The second-order valence-corrected chi connectivity index (χ2v) is 9.54. The average Bonchev–Trinajstić information content (AvgIpc) is 3.25. The van der Waals surface area contributed by atoms with Gasteiger partial charge >= 0.3 is 0 Å². The summed E-state index contributed by atoms with van der Waals surface area (Å²) in [6, 6.07) is 19.6. The normalized spacial score (nSPS) is 11.2. The summed E-state index contributed by atoms with van der Waals surface area (Å²) >= 11 is 6.00. The molecule has 33 heavy (non-hydrogen) atoms. The molecule has 0 bridgehead atoms. The largest absolute Gasteiger partial charge is 0.307 e. The molecule has 2 heterocycles. The van der Waals surface area contributed by atoms with Gasteiger partial charge in [0.15, 0.2) is 0 Å². The molecule has 0 fully saturated rings. The Kier molecular flexibility index (Phi) is 6.43. The van der Waals surface area contributed by atoms with Crippen LogP contribution in [-0.4, -0.2) is 36.1 Å². The number of amides is 1. The molecular weight excluding hydrogens is 462 g/mol. The summed E-state index contributed by atoms with van der Waals surface area (Å²) in [5.74, 6) is 0.00943. The van der Waals surface area contributed by atoms with E-state index in [2.05, 4.69) is 15.4 Å². The molecule has 0 aliphatic carbocycles. The molecule has 8 nitrogen and oxygen atoms in total. The van der Waals surface area contributed by atoms with E-state index in [-0.39, 0.29) is 10.5 Å². The molecule has 0 unspecified atom stereocenters. The van der Waals surface area contributed by atoms with E-state index in [4.69, 9.17) is 11.6 Å². The van der Waals surface area contributed by atoms with Gasteiger partial charge < -0.3 is 5.32 Å². The van der Waals surface area contributed by atoms with Crippen molar-refractivity contribution < 1.29 is 13.2 Å². The van der Waals surface area contributed by atoms with Gasteiger partial charge in [-0.25, -0.2) is 13.1 Å². The van der Waals surface area contributed by atoms with E-state index in [0.29, 0.717) is 23.1 Å². The molecular formula is C23H20ClN5O3S. The number of hydrogen-bond acceptors (Lipinski definition) is 5. The summed E-state index contributed by atoms with van der Waals surface area (Å²) in [7, 11) is -2.47. The van der Waals surface area contributed by atoms with E-state index < -0.39 is 15.9 Å². The fourth-order valence-electron chi connectivity index (χ4n) is 3.17. The van der Waals surface area contributed by atoms with Crippen LogP contribution in [0.3, 0.4) is 0 Å². The second-order valence-electron chi connectivity index (χ2n) is 7.13. The fourth-order valence-corrected chi connectivity index (χ4v) is 4.58. The Morgan fingerprint density at radius 2 is 1.85 bits per heavy atom. The van der Waals surface area contributed by atoms with Crippen LogP contribution >= 0.6 is 11.6 Å². The standard InChI is InChI=1S/C23H20ClN5O3S/c1-28(20-9-5-7-18(24)15-20)33(31,32)21-10-4-6-17(14-21)23(30)27-22-11-13-26-29(22)16-19-8-2-3-12-25-19/h2-15H,16H2,1H3,(H,27,30). The topological polar surface area (TPSA) is 97.2 Å². The van der Waals surface area contributed by atoms with Gasteiger partial charge in [-0.1, -0.05) is 29.8 Å². The number of sulfonamides is 1. The van der Waals surface area contributed by atoms with Crippen LogP contribution in [0, 0.1) is 0 Å². The number of halogens is 1. The Balaban J connectivity index is 1.55. The highest BCUT2D eigenvalue weighted by Crippen LogP contribution is 2.25. The number of anilines is 2. The molecule has 0 aliphatic heterocycles. The van der Waals surface area contributed by atoms with Gasteiger partial charge in [-0.05, 0) is 48.5 Å². The molecule has 0 radical (unpaired) electrons. The van der Waals surface area contributed by atoms with Crippen molar-refractivity contribution >= 4 is 39.0 Å². The lowest BCUT2D eigenvalue weighted by Gasteiger charge is -2.20. The van der Waals surface area contributed by atoms with Crippen LogP contribution in [0.1, 0.15) is 16.1 Å². The Labute approximate surface area is 196 Å². The third-order valence-corrected chi connectivity index (χ3v) is 6.94. The zero-order valence-electron chi connectivity index (χ0n) is 17.6. The van der Waals surface area contributed by atoms with Crippen LogP contribution in [0.5, 0.6) is 0 Å². The summed E-state index contributed by atoms with van der Waals surface area (Å²) in [6.45, 7) is 0.377. The first-order valence-corrected chi connectivity index (χ1v) is 11.7. The number of hydrogen-bond donors (Lipinski definition) is 1. The minimum absolute atomic E-state index is 0.0142. The number of nitrogens with zero attached hydrogens (tertiary/aromatic N) is 4. The predicted molar refractivity (Wildman–Crippen MR) is 127 cm³/mol. The second kappa shape index (κ2) is 9.43. The van der Waals surface area contributed by atoms with Crippen LogP contribution in [0.15, 0.2) is 90.1 Å². The lowest BCUT2D eigenvalue weighted by molar-refractivity contribution is 0.102. The lowest BCUT2D eigenvalue weighted by Crippen LogP contribution is -2.27. The molecule has 168 valence electrons. The van der Waals surface area contributed by atoms with Crippen molar-refractivity contribution in [3.05, 3.63) is 101 Å². The number of benzene rings is 2. The molecule has 0 spiro atoms. The molecule has 4 rings (SSSR count). The minimum atomic E-state index is -3.91. The maximum Gasteiger partial charge on any atom is 0.264 e. The fraction of sp³-hybridized carbons (Fsp3) is 0.0870. The summed E-state index contributed by atoms with van der Waals surface area (Å²) in [4.78, 5) is 17.1. The van der Waals surface area contributed by atoms with Crippen molar-refractivity contribution in [1.82, 2.24) is 14.8 Å². The Morgan fingerprint density at radius 1 is 1.03 bits per heavy atom. The number of carbonyl (C=O) groups excluding carboxylic acids is 1. The molecule has 4 aromatic rings. The Bertz CT molecular complexity index is 1390. The van der Waals surface area contributed by atoms with Crippen LogP contribution in [-0.2, 0) is 16.6 Å². The molecule has 2 aromatic carbocycles. The van der Waals surface area contributed by atoms with Gasteiger partial charge in [0.2, 0.25) is 0 Å². The van der Waals surface area contributed by atoms with Crippen molar-refractivity contribution in [2.24, 2.45) is 0 Å².